The number of rotatable bonds is 10. The van der Waals surface area contributed by atoms with E-state index in [2.05, 4.69) is 14.7 Å². The minimum Gasteiger partial charge on any atom is -0.347 e. The third-order valence-corrected chi connectivity index (χ3v) is 3.04. The van der Waals surface area contributed by atoms with Gasteiger partial charge in [0.15, 0.2) is 0 Å². The van der Waals surface area contributed by atoms with Gasteiger partial charge in [0.25, 0.3) is 0 Å². The fourth-order valence-corrected chi connectivity index (χ4v) is 1.96. The number of hydrogen-bond acceptors (Lipinski definition) is 10. The summed E-state index contributed by atoms with van der Waals surface area (Å²) in [6.45, 7) is -0.00813. The van der Waals surface area contributed by atoms with E-state index in [1.807, 2.05) is 0 Å². The maximum Gasteiger partial charge on any atom is 0.764 e. The Morgan fingerprint density at radius 3 is 1.59 bits per heavy atom. The van der Waals surface area contributed by atoms with E-state index in [-0.39, 0.29) is 13.0 Å². The summed E-state index contributed by atoms with van der Waals surface area (Å²) in [4.78, 5) is 13.3. The quantitative estimate of drug-likeness (QED) is 0.178. The van der Waals surface area contributed by atoms with Gasteiger partial charge in [-0.2, -0.15) is 13.7 Å². The van der Waals surface area contributed by atoms with Crippen molar-refractivity contribution < 1.29 is 32.8 Å². The van der Waals surface area contributed by atoms with E-state index in [4.69, 9.17) is 35.4 Å². The van der Waals surface area contributed by atoms with Gasteiger partial charge >= 0.3 is 9.05 Å². The standard InChI is InChI=1S/C6H19N3O7Si/c1-10-14-17(15-11-2,16-12-3)13-5-4-6(7,8)9/h4-5,7-9H2,1-3H3. The molecule has 0 rings (SSSR count). The van der Waals surface area contributed by atoms with Gasteiger partial charge < -0.3 is 21.6 Å². The van der Waals surface area contributed by atoms with Crippen LogP contribution in [0.15, 0.2) is 0 Å². The molecule has 0 aliphatic heterocycles. The molecular formula is C6H19N3O7Si. The Hall–Kier alpha value is -0.183. The van der Waals surface area contributed by atoms with Crippen LogP contribution in [-0.2, 0) is 32.8 Å². The highest BCUT2D eigenvalue weighted by atomic mass is 28.4. The fourth-order valence-electron chi connectivity index (χ4n) is 0.773. The summed E-state index contributed by atoms with van der Waals surface area (Å²) in [6, 6.07) is 0. The predicted octanol–water partition coefficient (Wildman–Crippen LogP) is -1.91. The molecule has 0 heterocycles. The molecule has 0 aromatic heterocycles. The van der Waals surface area contributed by atoms with Crippen molar-refractivity contribution in [1.29, 1.82) is 0 Å². The highest BCUT2D eigenvalue weighted by Gasteiger charge is 2.52. The molecule has 17 heavy (non-hydrogen) atoms. The van der Waals surface area contributed by atoms with Crippen molar-refractivity contribution in [2.24, 2.45) is 17.2 Å². The Labute approximate surface area is 100 Å². The third kappa shape index (κ3) is 7.69. The Kier molecular flexibility index (Phi) is 7.93. The molecule has 0 fully saturated rings. The molecule has 0 aromatic carbocycles. The maximum atomic E-state index is 5.36. The van der Waals surface area contributed by atoms with Crippen molar-refractivity contribution in [1.82, 2.24) is 0 Å². The van der Waals surface area contributed by atoms with E-state index in [1.165, 1.54) is 21.3 Å². The van der Waals surface area contributed by atoms with Crippen LogP contribution in [-0.4, -0.2) is 42.8 Å². The van der Waals surface area contributed by atoms with Crippen LogP contribution in [0.25, 0.3) is 0 Å². The summed E-state index contributed by atoms with van der Waals surface area (Å²) in [7, 11) is -0.0136. The Balaban J connectivity index is 4.33. The normalized spacial score (nSPS) is 13.1. The van der Waals surface area contributed by atoms with Gasteiger partial charge in [-0.1, -0.05) is 0 Å². The van der Waals surface area contributed by atoms with Crippen LogP contribution in [0.1, 0.15) is 6.42 Å². The van der Waals surface area contributed by atoms with Crippen molar-refractivity contribution in [3.05, 3.63) is 0 Å². The zero-order chi connectivity index (χ0) is 13.4. The van der Waals surface area contributed by atoms with Crippen LogP contribution in [0.3, 0.4) is 0 Å². The van der Waals surface area contributed by atoms with Crippen LogP contribution in [0.4, 0.5) is 0 Å². The monoisotopic (exact) mass is 273 g/mol. The van der Waals surface area contributed by atoms with E-state index in [1.54, 1.807) is 0 Å². The lowest BCUT2D eigenvalue weighted by Crippen LogP contribution is -2.59. The summed E-state index contributed by atoms with van der Waals surface area (Å²) >= 11 is 0. The zero-order valence-corrected chi connectivity index (χ0v) is 11.0. The van der Waals surface area contributed by atoms with Gasteiger partial charge in [-0.15, -0.1) is 0 Å². The number of nitrogens with two attached hydrogens (primary N) is 3. The lowest BCUT2D eigenvalue weighted by molar-refractivity contribution is -0.370. The Morgan fingerprint density at radius 2 is 1.29 bits per heavy atom. The molecule has 0 aliphatic carbocycles. The molecule has 0 spiro atoms. The van der Waals surface area contributed by atoms with Gasteiger partial charge in [0.2, 0.25) is 0 Å². The summed E-state index contributed by atoms with van der Waals surface area (Å²) < 4.78 is 19.4. The van der Waals surface area contributed by atoms with Gasteiger partial charge in [0.1, 0.15) is 5.79 Å². The second-order valence-electron chi connectivity index (χ2n) is 2.96. The van der Waals surface area contributed by atoms with E-state index >= 15 is 0 Å². The van der Waals surface area contributed by atoms with Gasteiger partial charge in [-0.25, -0.2) is 14.7 Å². The maximum absolute atomic E-state index is 5.36. The molecule has 0 bridgehead atoms. The van der Waals surface area contributed by atoms with Crippen molar-refractivity contribution in [3.63, 3.8) is 0 Å². The van der Waals surface area contributed by atoms with Gasteiger partial charge in [0, 0.05) is 13.0 Å². The molecule has 10 nitrogen and oxygen atoms in total. The van der Waals surface area contributed by atoms with Gasteiger partial charge in [-0.05, 0) is 0 Å². The van der Waals surface area contributed by atoms with Crippen molar-refractivity contribution in [2.75, 3.05) is 27.9 Å². The molecule has 0 saturated carbocycles. The molecule has 0 amide bonds. The van der Waals surface area contributed by atoms with Crippen LogP contribution in [0, 0.1) is 0 Å². The molecule has 0 atom stereocenters. The van der Waals surface area contributed by atoms with Crippen molar-refractivity contribution in [3.8, 4) is 0 Å². The molecule has 0 saturated heterocycles. The zero-order valence-electron chi connectivity index (χ0n) is 10.0. The van der Waals surface area contributed by atoms with Gasteiger partial charge in [-0.3, -0.25) is 0 Å². The van der Waals surface area contributed by atoms with Crippen LogP contribution in [0.2, 0.25) is 0 Å². The molecule has 0 radical (unpaired) electrons. The summed E-state index contributed by atoms with van der Waals surface area (Å²) in [6.07, 6.45) is 0.120. The van der Waals surface area contributed by atoms with E-state index in [0.29, 0.717) is 0 Å². The second-order valence-corrected chi connectivity index (χ2v) is 4.75. The minimum atomic E-state index is -3.73. The van der Waals surface area contributed by atoms with E-state index in [9.17, 15) is 0 Å². The average molecular weight is 273 g/mol. The van der Waals surface area contributed by atoms with Crippen LogP contribution in [0.5, 0.6) is 0 Å². The summed E-state index contributed by atoms with van der Waals surface area (Å²) in [5, 5.41) is 0. The third-order valence-electron chi connectivity index (χ3n) is 1.37. The second kappa shape index (κ2) is 8.01. The Bertz CT molecular complexity index is 186. The molecule has 0 aliphatic rings. The number of hydrogen-bond donors (Lipinski definition) is 3. The lowest BCUT2D eigenvalue weighted by atomic mass is 10.3. The first kappa shape index (κ1) is 16.8. The van der Waals surface area contributed by atoms with E-state index in [0.717, 1.165) is 0 Å². The Morgan fingerprint density at radius 1 is 0.882 bits per heavy atom. The highest BCUT2D eigenvalue weighted by Crippen LogP contribution is 2.13. The lowest BCUT2D eigenvalue weighted by Gasteiger charge is -2.24. The highest BCUT2D eigenvalue weighted by molar-refractivity contribution is 6.52. The van der Waals surface area contributed by atoms with Crippen molar-refractivity contribution in [2.45, 2.75) is 12.2 Å². The average Bonchev–Trinajstić information content (AvgIpc) is 2.16. The summed E-state index contributed by atoms with van der Waals surface area (Å²) in [5.41, 5.74) is 16.1. The SMILES string of the molecule is COO[Si](OCCC(N)(N)N)(OOC)OOC. The van der Waals surface area contributed by atoms with Crippen molar-refractivity contribution >= 4 is 9.05 Å². The molecule has 0 unspecified atom stereocenters. The van der Waals surface area contributed by atoms with E-state index < -0.39 is 14.8 Å². The minimum absolute atomic E-state index is 0.00813. The summed E-state index contributed by atoms with van der Waals surface area (Å²) in [5.74, 6) is -1.38. The van der Waals surface area contributed by atoms with Crippen LogP contribution < -0.4 is 17.2 Å². The topological polar surface area (TPSA) is 143 Å². The molecule has 104 valence electrons. The predicted molar refractivity (Wildman–Crippen MR) is 55.9 cm³/mol. The fraction of sp³-hybridized carbons (Fsp3) is 1.00. The largest absolute Gasteiger partial charge is 0.764 e. The first-order valence-electron chi connectivity index (χ1n) is 4.55. The van der Waals surface area contributed by atoms with Gasteiger partial charge in [0.05, 0.1) is 21.3 Å². The molecular weight excluding hydrogens is 254 g/mol. The molecule has 0 aromatic rings. The smallest absolute Gasteiger partial charge is 0.347 e. The first-order chi connectivity index (χ1) is 7.89. The molecule has 6 N–H and O–H groups in total. The first-order valence-corrected chi connectivity index (χ1v) is 6.18. The molecule has 11 heteroatoms. The van der Waals surface area contributed by atoms with Crippen LogP contribution >= 0.6 is 0 Å².